The van der Waals surface area contributed by atoms with Gasteiger partial charge in [-0.25, -0.2) is 4.57 Å². The Labute approximate surface area is 185 Å². The molecule has 4 aromatic rings. The SMILES string of the molecule is Cc1c(-c2[c-]c(N=[C-]c3ccccc3)cc[n+]2C)ccc2ccccc12.[Y]. The number of pyridine rings is 1. The van der Waals surface area contributed by atoms with Crippen molar-refractivity contribution in [3.05, 3.63) is 96.2 Å². The number of nitrogens with zero attached hydrogens (tertiary/aromatic N) is 2. The van der Waals surface area contributed by atoms with Gasteiger partial charge in [0.2, 0.25) is 0 Å². The van der Waals surface area contributed by atoms with Gasteiger partial charge in [-0.2, -0.15) is 0 Å². The molecular formula is C24H19N2Y-. The minimum atomic E-state index is 0. The van der Waals surface area contributed by atoms with Crippen molar-refractivity contribution in [3.8, 4) is 11.3 Å². The van der Waals surface area contributed by atoms with Gasteiger partial charge < -0.3 is 4.99 Å². The molecule has 3 aromatic carbocycles. The zero-order valence-electron chi connectivity index (χ0n) is 15.5. The number of aromatic nitrogens is 1. The molecule has 0 aliphatic carbocycles. The Kier molecular flexibility index (Phi) is 6.31. The molecule has 1 heterocycles. The van der Waals surface area contributed by atoms with Crippen molar-refractivity contribution in [2.24, 2.45) is 12.0 Å². The van der Waals surface area contributed by atoms with E-state index in [9.17, 15) is 0 Å². The Bertz CT molecular complexity index is 1100. The van der Waals surface area contributed by atoms with Crippen LogP contribution in [0.5, 0.6) is 0 Å². The van der Waals surface area contributed by atoms with Gasteiger partial charge in [0.05, 0.1) is 5.69 Å². The van der Waals surface area contributed by atoms with Gasteiger partial charge in [-0.3, -0.25) is 0 Å². The predicted octanol–water partition coefficient (Wildman–Crippen LogP) is 5.07. The Morgan fingerprint density at radius 2 is 1.63 bits per heavy atom. The quantitative estimate of drug-likeness (QED) is 0.248. The summed E-state index contributed by atoms with van der Waals surface area (Å²) in [7, 11) is 2.04. The van der Waals surface area contributed by atoms with Crippen LogP contribution in [0.15, 0.2) is 84.0 Å². The molecule has 0 saturated heterocycles. The van der Waals surface area contributed by atoms with E-state index in [4.69, 9.17) is 0 Å². The molecule has 0 aliphatic heterocycles. The fourth-order valence-corrected chi connectivity index (χ4v) is 3.15. The van der Waals surface area contributed by atoms with E-state index in [1.54, 1.807) is 0 Å². The molecule has 3 heteroatoms. The smallest absolute Gasteiger partial charge is 0.135 e. The van der Waals surface area contributed by atoms with Crippen molar-refractivity contribution < 1.29 is 37.3 Å². The summed E-state index contributed by atoms with van der Waals surface area (Å²) in [6.07, 6.45) is 5.11. The first kappa shape index (κ1) is 19.6. The summed E-state index contributed by atoms with van der Waals surface area (Å²) in [6.45, 7) is 2.16. The van der Waals surface area contributed by atoms with E-state index in [0.717, 1.165) is 16.9 Å². The average Bonchev–Trinajstić information content (AvgIpc) is 2.69. The maximum Gasteiger partial charge on any atom is 0.135 e. The molecule has 0 saturated carbocycles. The monoisotopic (exact) mass is 424 g/mol. The van der Waals surface area contributed by atoms with E-state index in [0.29, 0.717) is 0 Å². The molecule has 0 aliphatic rings. The van der Waals surface area contributed by atoms with Crippen LogP contribution in [-0.2, 0) is 39.8 Å². The van der Waals surface area contributed by atoms with E-state index >= 15 is 0 Å². The molecule has 27 heavy (non-hydrogen) atoms. The maximum absolute atomic E-state index is 4.48. The summed E-state index contributed by atoms with van der Waals surface area (Å²) in [5.41, 5.74) is 5.17. The fourth-order valence-electron chi connectivity index (χ4n) is 3.15. The van der Waals surface area contributed by atoms with E-state index in [-0.39, 0.29) is 32.7 Å². The summed E-state index contributed by atoms with van der Waals surface area (Å²) in [5, 5.41) is 2.52. The summed E-state index contributed by atoms with van der Waals surface area (Å²) >= 11 is 0. The van der Waals surface area contributed by atoms with Crippen molar-refractivity contribution in [1.82, 2.24) is 0 Å². The molecule has 0 atom stereocenters. The van der Waals surface area contributed by atoms with Gasteiger partial charge in [0.25, 0.3) is 0 Å². The Balaban J connectivity index is 0.00000210. The first-order valence-corrected chi connectivity index (χ1v) is 8.65. The van der Waals surface area contributed by atoms with E-state index in [1.165, 1.54) is 21.9 Å². The average molecular weight is 424 g/mol. The fraction of sp³-hybridized carbons (Fsp3) is 0.0833. The van der Waals surface area contributed by atoms with Gasteiger partial charge in [-0.1, -0.05) is 47.5 Å². The van der Waals surface area contributed by atoms with Crippen LogP contribution in [0.25, 0.3) is 22.0 Å². The van der Waals surface area contributed by atoms with Crippen LogP contribution in [0.4, 0.5) is 5.69 Å². The second-order valence-corrected chi connectivity index (χ2v) is 6.33. The van der Waals surface area contributed by atoms with Crippen molar-refractivity contribution in [2.75, 3.05) is 0 Å². The van der Waals surface area contributed by atoms with Crippen LogP contribution in [-0.4, -0.2) is 6.21 Å². The first-order chi connectivity index (χ1) is 12.7. The van der Waals surface area contributed by atoms with Crippen molar-refractivity contribution in [3.63, 3.8) is 0 Å². The van der Waals surface area contributed by atoms with Crippen molar-refractivity contribution in [1.29, 1.82) is 0 Å². The van der Waals surface area contributed by atoms with Crippen LogP contribution >= 0.6 is 0 Å². The van der Waals surface area contributed by atoms with Crippen molar-refractivity contribution >= 4 is 22.7 Å². The number of hydrogen-bond acceptors (Lipinski definition) is 1. The molecule has 1 radical (unpaired) electrons. The molecule has 0 amide bonds. The predicted molar refractivity (Wildman–Crippen MR) is 107 cm³/mol. The van der Waals surface area contributed by atoms with Gasteiger partial charge in [0.1, 0.15) is 13.2 Å². The van der Waals surface area contributed by atoms with Gasteiger partial charge in [-0.05, 0) is 23.9 Å². The standard InChI is InChI=1S/C24H19N2.Y/c1-18-22-11-7-6-10-20(22)12-13-23(18)24-16-21(14-15-26(24)2)25-17-19-8-4-3-5-9-19;/h3-15H,1-2H3;/q-1;. The van der Waals surface area contributed by atoms with Crippen LogP contribution in [0.2, 0.25) is 0 Å². The third kappa shape index (κ3) is 4.23. The van der Waals surface area contributed by atoms with Crippen LogP contribution in [0.1, 0.15) is 11.1 Å². The van der Waals surface area contributed by atoms with E-state index in [1.807, 2.05) is 49.6 Å². The largest absolute Gasteiger partial charge is 0.377 e. The number of hydrogen-bond donors (Lipinski definition) is 0. The second kappa shape index (κ2) is 8.69. The second-order valence-electron chi connectivity index (χ2n) is 6.33. The third-order valence-electron chi connectivity index (χ3n) is 4.59. The van der Waals surface area contributed by atoms with Crippen molar-refractivity contribution in [2.45, 2.75) is 6.92 Å². The molecule has 129 valence electrons. The van der Waals surface area contributed by atoms with E-state index in [2.05, 4.69) is 65.2 Å². The molecule has 4 rings (SSSR count). The molecule has 0 fully saturated rings. The summed E-state index contributed by atoms with van der Waals surface area (Å²) in [6, 6.07) is 28.1. The molecule has 0 bridgehead atoms. The van der Waals surface area contributed by atoms with Gasteiger partial charge in [0, 0.05) is 32.7 Å². The van der Waals surface area contributed by atoms with E-state index < -0.39 is 0 Å². The minimum absolute atomic E-state index is 0. The molecule has 0 spiro atoms. The number of rotatable bonds is 3. The van der Waals surface area contributed by atoms with Crippen LogP contribution in [0.3, 0.4) is 0 Å². The normalized spacial score (nSPS) is 10.9. The molecule has 2 nitrogen and oxygen atoms in total. The molecule has 0 unspecified atom stereocenters. The minimum Gasteiger partial charge on any atom is -0.377 e. The number of benzene rings is 3. The number of aliphatic imine (C=N–C) groups is 1. The van der Waals surface area contributed by atoms with Gasteiger partial charge in [-0.15, -0.1) is 53.7 Å². The number of aryl methyl sites for hydroxylation is 2. The molecule has 0 N–H and O–H groups in total. The Hall–Kier alpha value is -2.16. The third-order valence-corrected chi connectivity index (χ3v) is 4.59. The number of fused-ring (bicyclic) bond motifs is 1. The molecular weight excluding hydrogens is 405 g/mol. The van der Waals surface area contributed by atoms with Gasteiger partial charge >= 0.3 is 0 Å². The maximum atomic E-state index is 4.48. The summed E-state index contributed by atoms with van der Waals surface area (Å²) < 4.78 is 2.08. The zero-order valence-corrected chi connectivity index (χ0v) is 18.3. The van der Waals surface area contributed by atoms with Gasteiger partial charge in [0.15, 0.2) is 0 Å². The summed E-state index contributed by atoms with van der Waals surface area (Å²) in [4.78, 5) is 4.48. The summed E-state index contributed by atoms with van der Waals surface area (Å²) in [5.74, 6) is 0. The topological polar surface area (TPSA) is 16.2 Å². The van der Waals surface area contributed by atoms with Crippen LogP contribution < -0.4 is 4.57 Å². The first-order valence-electron chi connectivity index (χ1n) is 8.65. The Morgan fingerprint density at radius 1 is 0.889 bits per heavy atom. The Morgan fingerprint density at radius 3 is 2.44 bits per heavy atom. The van der Waals surface area contributed by atoms with Crippen LogP contribution in [0, 0.1) is 13.0 Å². The zero-order chi connectivity index (χ0) is 17.9. The molecule has 1 aromatic heterocycles.